The minimum atomic E-state index is -0.697. The van der Waals surface area contributed by atoms with Gasteiger partial charge in [-0.1, -0.05) is 6.92 Å². The van der Waals surface area contributed by atoms with Crippen LogP contribution in [0.5, 0.6) is 0 Å². The molecule has 0 fully saturated rings. The molecule has 1 aromatic rings. The highest BCUT2D eigenvalue weighted by Gasteiger charge is 2.18. The normalized spacial score (nSPS) is 12.0. The summed E-state index contributed by atoms with van der Waals surface area (Å²) in [6.45, 7) is 3.22. The minimum Gasteiger partial charge on any atom is -0.389 e. The van der Waals surface area contributed by atoms with Crippen molar-refractivity contribution >= 4 is 11.7 Å². The number of methoxy groups -OCH3 is 1. The lowest BCUT2D eigenvalue weighted by atomic mass is 10.2. The Morgan fingerprint density at radius 3 is 3.00 bits per heavy atom. The Morgan fingerprint density at radius 2 is 2.35 bits per heavy atom. The quantitative estimate of drug-likeness (QED) is 0.743. The van der Waals surface area contributed by atoms with Crippen LogP contribution in [0.25, 0.3) is 0 Å². The van der Waals surface area contributed by atoms with E-state index in [0.717, 1.165) is 13.0 Å². The fraction of sp³-hybridized carbons (Fsp3) is 0.571. The molecule has 6 nitrogen and oxygen atoms in total. The lowest BCUT2D eigenvalue weighted by Crippen LogP contribution is -2.36. The fourth-order valence-corrected chi connectivity index (χ4v) is 1.81. The first-order chi connectivity index (χ1) is 9.60. The van der Waals surface area contributed by atoms with Crippen LogP contribution in [0.3, 0.4) is 0 Å². The van der Waals surface area contributed by atoms with Crippen molar-refractivity contribution in [3.8, 4) is 0 Å². The van der Waals surface area contributed by atoms with E-state index >= 15 is 0 Å². The van der Waals surface area contributed by atoms with Crippen LogP contribution < -0.4 is 5.32 Å². The first kappa shape index (κ1) is 16.4. The second-order valence-corrected chi connectivity index (χ2v) is 4.62. The zero-order valence-corrected chi connectivity index (χ0v) is 12.3. The Morgan fingerprint density at radius 1 is 1.60 bits per heavy atom. The van der Waals surface area contributed by atoms with Crippen molar-refractivity contribution in [2.45, 2.75) is 19.4 Å². The van der Waals surface area contributed by atoms with Crippen LogP contribution in [0.15, 0.2) is 18.3 Å². The van der Waals surface area contributed by atoms with E-state index < -0.39 is 6.10 Å². The summed E-state index contributed by atoms with van der Waals surface area (Å²) in [5.74, 6) is 0.402. The Bertz CT molecular complexity index is 426. The number of likely N-dealkylation sites (N-methyl/N-ethyl adjacent to an activating group) is 1. The fourth-order valence-electron chi connectivity index (χ4n) is 1.81. The molecular formula is C14H23N3O3. The van der Waals surface area contributed by atoms with Crippen LogP contribution in [-0.4, -0.2) is 60.9 Å². The maximum Gasteiger partial charge on any atom is 0.257 e. The van der Waals surface area contributed by atoms with Gasteiger partial charge in [0.2, 0.25) is 0 Å². The topological polar surface area (TPSA) is 74.7 Å². The molecule has 6 heteroatoms. The standard InChI is InChI=1S/C14H23N3O3/c1-4-7-15-13-12(6-5-8-16-13)14(19)17(2)9-11(18)10-20-3/h5-6,8,11,18H,4,7,9-10H2,1-3H3,(H,15,16). The number of aliphatic hydroxyl groups excluding tert-OH is 1. The van der Waals surface area contributed by atoms with Crippen LogP contribution in [0.1, 0.15) is 23.7 Å². The third-order valence-electron chi connectivity index (χ3n) is 2.77. The zero-order chi connectivity index (χ0) is 15.0. The Kier molecular flexibility index (Phi) is 6.97. The molecule has 1 amide bonds. The van der Waals surface area contributed by atoms with Crippen LogP contribution in [0.2, 0.25) is 0 Å². The van der Waals surface area contributed by atoms with Gasteiger partial charge in [-0.05, 0) is 18.6 Å². The van der Waals surface area contributed by atoms with Crippen molar-refractivity contribution in [3.63, 3.8) is 0 Å². The van der Waals surface area contributed by atoms with Gasteiger partial charge in [0.1, 0.15) is 5.82 Å². The van der Waals surface area contributed by atoms with Crippen molar-refractivity contribution in [2.75, 3.05) is 39.2 Å². The largest absolute Gasteiger partial charge is 0.389 e. The van der Waals surface area contributed by atoms with Crippen LogP contribution in [-0.2, 0) is 4.74 Å². The first-order valence-corrected chi connectivity index (χ1v) is 6.71. The molecule has 1 unspecified atom stereocenters. The predicted octanol–water partition coefficient (Wildman–Crippen LogP) is 0.983. The number of hydrogen-bond acceptors (Lipinski definition) is 5. The molecule has 2 N–H and O–H groups in total. The molecule has 0 saturated heterocycles. The van der Waals surface area contributed by atoms with Crippen molar-refractivity contribution in [2.24, 2.45) is 0 Å². The molecule has 0 saturated carbocycles. The van der Waals surface area contributed by atoms with Crippen molar-refractivity contribution in [1.29, 1.82) is 0 Å². The summed E-state index contributed by atoms with van der Waals surface area (Å²) >= 11 is 0. The van der Waals surface area contributed by atoms with Crippen molar-refractivity contribution < 1.29 is 14.6 Å². The van der Waals surface area contributed by atoms with Gasteiger partial charge in [-0.25, -0.2) is 4.98 Å². The number of ether oxygens (including phenoxy) is 1. The molecule has 0 aliphatic rings. The van der Waals surface area contributed by atoms with E-state index in [1.54, 1.807) is 25.4 Å². The second-order valence-electron chi connectivity index (χ2n) is 4.62. The second kappa shape index (κ2) is 8.50. The van der Waals surface area contributed by atoms with Gasteiger partial charge in [0.25, 0.3) is 5.91 Å². The molecule has 0 spiro atoms. The van der Waals surface area contributed by atoms with Gasteiger partial charge >= 0.3 is 0 Å². The summed E-state index contributed by atoms with van der Waals surface area (Å²) in [7, 11) is 3.16. The monoisotopic (exact) mass is 281 g/mol. The average molecular weight is 281 g/mol. The average Bonchev–Trinajstić information content (AvgIpc) is 2.44. The lowest BCUT2D eigenvalue weighted by molar-refractivity contribution is 0.0380. The Balaban J connectivity index is 2.75. The molecular weight excluding hydrogens is 258 g/mol. The third kappa shape index (κ3) is 4.79. The molecule has 0 aromatic carbocycles. The van der Waals surface area contributed by atoms with E-state index in [1.807, 2.05) is 6.92 Å². The van der Waals surface area contributed by atoms with Gasteiger partial charge < -0.3 is 20.1 Å². The molecule has 0 aliphatic carbocycles. The summed E-state index contributed by atoms with van der Waals surface area (Å²) in [4.78, 5) is 18.0. The zero-order valence-electron chi connectivity index (χ0n) is 12.3. The van der Waals surface area contributed by atoms with Crippen LogP contribution >= 0.6 is 0 Å². The Hall–Kier alpha value is -1.66. The molecule has 0 aliphatic heterocycles. The summed E-state index contributed by atoms with van der Waals surface area (Å²) in [6, 6.07) is 3.45. The van der Waals surface area contributed by atoms with Gasteiger partial charge in [-0.15, -0.1) is 0 Å². The predicted molar refractivity (Wildman–Crippen MR) is 77.9 cm³/mol. The highest BCUT2D eigenvalue weighted by molar-refractivity contribution is 5.98. The number of carbonyl (C=O) groups is 1. The van der Waals surface area contributed by atoms with E-state index in [2.05, 4.69) is 10.3 Å². The Labute approximate surface area is 119 Å². The molecule has 1 rings (SSSR count). The number of rotatable bonds is 8. The maximum atomic E-state index is 12.4. The number of nitrogens with one attached hydrogen (secondary N) is 1. The smallest absolute Gasteiger partial charge is 0.257 e. The third-order valence-corrected chi connectivity index (χ3v) is 2.77. The molecule has 0 bridgehead atoms. The molecule has 1 heterocycles. The molecule has 112 valence electrons. The number of nitrogens with zero attached hydrogens (tertiary/aromatic N) is 2. The lowest BCUT2D eigenvalue weighted by Gasteiger charge is -2.21. The molecule has 1 aromatic heterocycles. The minimum absolute atomic E-state index is 0.174. The highest BCUT2D eigenvalue weighted by Crippen LogP contribution is 2.14. The number of carbonyl (C=O) groups excluding carboxylic acids is 1. The molecule has 0 radical (unpaired) electrons. The highest BCUT2D eigenvalue weighted by atomic mass is 16.5. The van der Waals surface area contributed by atoms with Crippen LogP contribution in [0, 0.1) is 0 Å². The molecule has 1 atom stereocenters. The van der Waals surface area contributed by atoms with E-state index in [0.29, 0.717) is 11.4 Å². The van der Waals surface area contributed by atoms with Gasteiger partial charge in [0, 0.05) is 33.4 Å². The SMILES string of the molecule is CCCNc1ncccc1C(=O)N(C)CC(O)COC. The number of anilines is 1. The summed E-state index contributed by atoms with van der Waals surface area (Å²) < 4.78 is 4.85. The van der Waals surface area contributed by atoms with E-state index in [-0.39, 0.29) is 19.1 Å². The van der Waals surface area contributed by atoms with Gasteiger partial charge in [-0.3, -0.25) is 4.79 Å². The number of aromatic nitrogens is 1. The number of amides is 1. The molecule has 20 heavy (non-hydrogen) atoms. The summed E-state index contributed by atoms with van der Waals surface area (Å²) in [5.41, 5.74) is 0.507. The number of pyridine rings is 1. The van der Waals surface area contributed by atoms with E-state index in [1.165, 1.54) is 12.0 Å². The van der Waals surface area contributed by atoms with E-state index in [4.69, 9.17) is 4.74 Å². The van der Waals surface area contributed by atoms with Crippen molar-refractivity contribution in [1.82, 2.24) is 9.88 Å². The van der Waals surface area contributed by atoms with Crippen molar-refractivity contribution in [3.05, 3.63) is 23.9 Å². The maximum absolute atomic E-state index is 12.4. The number of hydrogen-bond donors (Lipinski definition) is 2. The summed E-state index contributed by atoms with van der Waals surface area (Å²) in [6.07, 6.45) is 1.90. The van der Waals surface area contributed by atoms with Gasteiger partial charge in [0.05, 0.1) is 18.3 Å². The van der Waals surface area contributed by atoms with Crippen LogP contribution in [0.4, 0.5) is 5.82 Å². The van der Waals surface area contributed by atoms with Gasteiger partial charge in [0.15, 0.2) is 0 Å². The van der Waals surface area contributed by atoms with E-state index in [9.17, 15) is 9.90 Å². The number of aliphatic hydroxyl groups is 1. The van der Waals surface area contributed by atoms with Gasteiger partial charge in [-0.2, -0.15) is 0 Å². The first-order valence-electron chi connectivity index (χ1n) is 6.71. The summed E-state index contributed by atoms with van der Waals surface area (Å²) in [5, 5.41) is 12.8.